The molecule has 1 heterocycles. The van der Waals surface area contributed by atoms with E-state index < -0.39 is 10.5 Å². The van der Waals surface area contributed by atoms with Crippen molar-refractivity contribution in [2.24, 2.45) is 0 Å². The normalized spacial score (nSPS) is 10.7. The molecule has 0 saturated heterocycles. The van der Waals surface area contributed by atoms with E-state index in [2.05, 4.69) is 4.98 Å². The van der Waals surface area contributed by atoms with Gasteiger partial charge in [0.05, 0.1) is 28.5 Å². The second-order valence-electron chi connectivity index (χ2n) is 6.49. The Hall–Kier alpha value is -4.20. The van der Waals surface area contributed by atoms with Crippen molar-refractivity contribution in [2.75, 3.05) is 7.11 Å². The summed E-state index contributed by atoms with van der Waals surface area (Å²) in [5, 5.41) is 11.7. The molecule has 8 heteroatoms. The summed E-state index contributed by atoms with van der Waals surface area (Å²) in [6, 6.07) is 16.1. The molecule has 8 nitrogen and oxygen atoms in total. The lowest BCUT2D eigenvalue weighted by Crippen LogP contribution is -2.05. The molecule has 3 aromatic carbocycles. The minimum absolute atomic E-state index is 0.0645. The molecule has 0 unspecified atom stereocenters. The van der Waals surface area contributed by atoms with Gasteiger partial charge in [-0.2, -0.15) is 0 Å². The third kappa shape index (κ3) is 3.58. The first kappa shape index (κ1) is 19.1. The summed E-state index contributed by atoms with van der Waals surface area (Å²) in [5.74, 6) is 1.33. The number of aryl methyl sites for hydroxylation is 1. The van der Waals surface area contributed by atoms with Gasteiger partial charge in [-0.15, -0.1) is 0 Å². The van der Waals surface area contributed by atoms with Gasteiger partial charge in [-0.05, 0) is 48.9 Å². The van der Waals surface area contributed by atoms with Crippen LogP contribution in [0.1, 0.15) is 5.56 Å². The number of hydrogen-bond donors (Lipinski definition) is 0. The standard InChI is InChI=1S/C22H16N2O6/c1-13-4-3-5-18-20(13)22(25)30-21(23-18)17-12-14(24(26)27)6-11-19(17)29-16-9-7-15(28-2)8-10-16/h3-12H,1-2H3. The van der Waals surface area contributed by atoms with Gasteiger partial charge in [-0.1, -0.05) is 12.1 Å². The van der Waals surface area contributed by atoms with E-state index in [1.807, 2.05) is 0 Å². The molecule has 0 N–H and O–H groups in total. The largest absolute Gasteiger partial charge is 0.497 e. The number of aromatic nitrogens is 1. The van der Waals surface area contributed by atoms with E-state index in [-0.39, 0.29) is 22.9 Å². The van der Waals surface area contributed by atoms with E-state index in [4.69, 9.17) is 13.9 Å². The molecule has 150 valence electrons. The van der Waals surface area contributed by atoms with Gasteiger partial charge in [0.25, 0.3) is 5.69 Å². The van der Waals surface area contributed by atoms with Crippen molar-refractivity contribution in [1.82, 2.24) is 4.98 Å². The molecule has 0 atom stereocenters. The van der Waals surface area contributed by atoms with Crippen LogP contribution < -0.4 is 15.1 Å². The van der Waals surface area contributed by atoms with Gasteiger partial charge >= 0.3 is 5.63 Å². The van der Waals surface area contributed by atoms with Crippen LogP contribution in [0.25, 0.3) is 22.4 Å². The Kier molecular flexibility index (Phi) is 4.89. The van der Waals surface area contributed by atoms with Crippen LogP contribution in [0.15, 0.2) is 69.9 Å². The highest BCUT2D eigenvalue weighted by Gasteiger charge is 2.19. The molecular formula is C22H16N2O6. The first-order valence-electron chi connectivity index (χ1n) is 8.97. The predicted molar refractivity (Wildman–Crippen MR) is 110 cm³/mol. The summed E-state index contributed by atoms with van der Waals surface area (Å²) in [6.45, 7) is 1.78. The second-order valence-corrected chi connectivity index (χ2v) is 6.49. The van der Waals surface area contributed by atoms with Crippen LogP contribution in [0.3, 0.4) is 0 Å². The predicted octanol–water partition coefficient (Wildman–Crippen LogP) is 4.87. The van der Waals surface area contributed by atoms with Gasteiger partial charge < -0.3 is 13.9 Å². The molecule has 1 aromatic heterocycles. The SMILES string of the molecule is COc1ccc(Oc2ccc([N+](=O)[O-])cc2-c2nc3cccc(C)c3c(=O)o2)cc1. The molecular weight excluding hydrogens is 388 g/mol. The van der Waals surface area contributed by atoms with E-state index in [9.17, 15) is 14.9 Å². The van der Waals surface area contributed by atoms with Gasteiger partial charge in [0.1, 0.15) is 17.2 Å². The zero-order valence-electron chi connectivity index (χ0n) is 16.1. The highest BCUT2D eigenvalue weighted by atomic mass is 16.6. The number of fused-ring (bicyclic) bond motifs is 1. The molecule has 0 fully saturated rings. The third-order valence-corrected chi connectivity index (χ3v) is 4.56. The van der Waals surface area contributed by atoms with Gasteiger partial charge in [0.2, 0.25) is 5.89 Å². The number of nitro groups is 1. The van der Waals surface area contributed by atoms with Crippen molar-refractivity contribution in [1.29, 1.82) is 0 Å². The van der Waals surface area contributed by atoms with Crippen molar-refractivity contribution in [3.05, 3.63) is 86.8 Å². The average molecular weight is 404 g/mol. The first-order chi connectivity index (χ1) is 14.5. The average Bonchev–Trinajstić information content (AvgIpc) is 2.74. The van der Waals surface area contributed by atoms with E-state index in [0.717, 1.165) is 5.56 Å². The number of methoxy groups -OCH3 is 1. The van der Waals surface area contributed by atoms with Crippen LogP contribution in [0.5, 0.6) is 17.2 Å². The molecule has 0 bridgehead atoms. The smallest absolute Gasteiger partial charge is 0.347 e. The van der Waals surface area contributed by atoms with Crippen LogP contribution in [-0.2, 0) is 0 Å². The summed E-state index contributed by atoms with van der Waals surface area (Å²) >= 11 is 0. The van der Waals surface area contributed by atoms with E-state index in [1.165, 1.54) is 18.2 Å². The Morgan fingerprint density at radius 1 is 1.03 bits per heavy atom. The third-order valence-electron chi connectivity index (χ3n) is 4.56. The summed E-state index contributed by atoms with van der Waals surface area (Å²) in [6.07, 6.45) is 0. The molecule has 0 saturated carbocycles. The topological polar surface area (TPSA) is 105 Å². The number of ether oxygens (including phenoxy) is 2. The lowest BCUT2D eigenvalue weighted by molar-refractivity contribution is -0.384. The molecule has 0 aliphatic carbocycles. The fourth-order valence-electron chi connectivity index (χ4n) is 3.06. The maximum Gasteiger partial charge on any atom is 0.347 e. The molecule has 0 spiro atoms. The molecule has 0 radical (unpaired) electrons. The van der Waals surface area contributed by atoms with Crippen molar-refractivity contribution in [3.63, 3.8) is 0 Å². The van der Waals surface area contributed by atoms with Gasteiger partial charge in [0, 0.05) is 12.1 Å². The Balaban J connectivity index is 1.86. The number of rotatable bonds is 5. The van der Waals surface area contributed by atoms with Crippen LogP contribution >= 0.6 is 0 Å². The van der Waals surface area contributed by atoms with Crippen molar-refractivity contribution >= 4 is 16.6 Å². The molecule has 4 aromatic rings. The molecule has 30 heavy (non-hydrogen) atoms. The minimum atomic E-state index is -0.574. The summed E-state index contributed by atoms with van der Waals surface area (Å²) in [5.41, 5.74) is 0.605. The van der Waals surface area contributed by atoms with Gasteiger partial charge in [-0.25, -0.2) is 9.78 Å². The Bertz CT molecular complexity index is 1310. The highest BCUT2D eigenvalue weighted by Crippen LogP contribution is 2.36. The minimum Gasteiger partial charge on any atom is -0.497 e. The number of hydrogen-bond acceptors (Lipinski definition) is 7. The molecule has 0 aliphatic heterocycles. The van der Waals surface area contributed by atoms with E-state index in [0.29, 0.717) is 22.4 Å². The lowest BCUT2D eigenvalue weighted by Gasteiger charge is -2.11. The molecule has 4 rings (SSSR count). The molecule has 0 aliphatic rings. The summed E-state index contributed by atoms with van der Waals surface area (Å²) in [7, 11) is 1.55. The number of non-ortho nitro benzene ring substituents is 1. The highest BCUT2D eigenvalue weighted by molar-refractivity contribution is 5.82. The van der Waals surface area contributed by atoms with E-state index in [1.54, 1.807) is 56.5 Å². The van der Waals surface area contributed by atoms with Crippen LogP contribution in [0.4, 0.5) is 5.69 Å². The molecule has 0 amide bonds. The van der Waals surface area contributed by atoms with Gasteiger partial charge in [-0.3, -0.25) is 10.1 Å². The Labute approximate surface area is 170 Å². The van der Waals surface area contributed by atoms with Crippen molar-refractivity contribution in [3.8, 4) is 28.7 Å². The fourth-order valence-corrected chi connectivity index (χ4v) is 3.06. The number of benzene rings is 3. The van der Waals surface area contributed by atoms with E-state index >= 15 is 0 Å². The van der Waals surface area contributed by atoms with Gasteiger partial charge in [0.15, 0.2) is 0 Å². The lowest BCUT2D eigenvalue weighted by atomic mass is 10.1. The fraction of sp³-hybridized carbons (Fsp3) is 0.0909. The quantitative estimate of drug-likeness (QED) is 0.345. The van der Waals surface area contributed by atoms with Crippen LogP contribution in [0, 0.1) is 17.0 Å². The monoisotopic (exact) mass is 404 g/mol. The maximum absolute atomic E-state index is 12.6. The zero-order chi connectivity index (χ0) is 21.3. The maximum atomic E-state index is 12.6. The summed E-state index contributed by atoms with van der Waals surface area (Å²) in [4.78, 5) is 27.7. The number of nitro benzene ring substituents is 1. The first-order valence-corrected chi connectivity index (χ1v) is 8.97. The zero-order valence-corrected chi connectivity index (χ0v) is 16.1. The Morgan fingerprint density at radius 2 is 1.77 bits per heavy atom. The summed E-state index contributed by atoms with van der Waals surface area (Å²) < 4.78 is 16.4. The van der Waals surface area contributed by atoms with Crippen LogP contribution in [-0.4, -0.2) is 17.0 Å². The van der Waals surface area contributed by atoms with Crippen molar-refractivity contribution < 1.29 is 18.8 Å². The van der Waals surface area contributed by atoms with Crippen molar-refractivity contribution in [2.45, 2.75) is 6.92 Å². The Morgan fingerprint density at radius 3 is 2.47 bits per heavy atom. The second kappa shape index (κ2) is 7.67. The van der Waals surface area contributed by atoms with Crippen LogP contribution in [0.2, 0.25) is 0 Å². The number of nitrogens with zero attached hydrogens (tertiary/aromatic N) is 2.